The number of rotatable bonds is 9. The van der Waals surface area contributed by atoms with Crippen molar-refractivity contribution in [3.63, 3.8) is 0 Å². The highest BCUT2D eigenvalue weighted by atomic mass is 16.5. The first kappa shape index (κ1) is 15.9. The van der Waals surface area contributed by atoms with E-state index in [4.69, 9.17) is 4.74 Å². The second-order valence-corrected chi connectivity index (χ2v) is 5.83. The van der Waals surface area contributed by atoms with Crippen LogP contribution in [0, 0.1) is 5.92 Å². The predicted molar refractivity (Wildman–Crippen MR) is 78.1 cm³/mol. The first-order valence-corrected chi connectivity index (χ1v) is 7.74. The molecule has 3 heteroatoms. The largest absolute Gasteiger partial charge is 0.380 e. The molecule has 0 N–H and O–H groups in total. The summed E-state index contributed by atoms with van der Waals surface area (Å²) < 4.78 is 5.71. The Morgan fingerprint density at radius 1 is 0.944 bits per heavy atom. The summed E-state index contributed by atoms with van der Waals surface area (Å²) in [5.41, 5.74) is 0. The van der Waals surface area contributed by atoms with Crippen molar-refractivity contribution >= 4 is 0 Å². The molecule has 0 saturated carbocycles. The average Bonchev–Trinajstić information content (AvgIpc) is 2.35. The quantitative estimate of drug-likeness (QED) is 0.589. The summed E-state index contributed by atoms with van der Waals surface area (Å²) in [6.45, 7) is 15.9. The van der Waals surface area contributed by atoms with Crippen molar-refractivity contribution in [3.8, 4) is 0 Å². The average molecular weight is 256 g/mol. The SMILES string of the molecule is CCCN1CCN(CCOCCCC(C)C)CC1. The number of nitrogens with zero attached hydrogens (tertiary/aromatic N) is 2. The minimum Gasteiger partial charge on any atom is -0.380 e. The van der Waals surface area contributed by atoms with E-state index >= 15 is 0 Å². The molecule has 0 atom stereocenters. The van der Waals surface area contributed by atoms with Gasteiger partial charge in [0.2, 0.25) is 0 Å². The van der Waals surface area contributed by atoms with Crippen molar-refractivity contribution in [1.82, 2.24) is 9.80 Å². The predicted octanol–water partition coefficient (Wildman–Crippen LogP) is 2.47. The molecule has 0 aromatic carbocycles. The molecule has 0 aliphatic carbocycles. The molecule has 0 unspecified atom stereocenters. The van der Waals surface area contributed by atoms with Gasteiger partial charge in [-0.3, -0.25) is 4.90 Å². The fourth-order valence-corrected chi connectivity index (χ4v) is 2.44. The molecule has 0 aromatic rings. The molecule has 18 heavy (non-hydrogen) atoms. The lowest BCUT2D eigenvalue weighted by molar-refractivity contribution is 0.0732. The fraction of sp³-hybridized carbons (Fsp3) is 1.00. The maximum absolute atomic E-state index is 5.71. The van der Waals surface area contributed by atoms with Crippen LogP contribution in [0.25, 0.3) is 0 Å². The first-order valence-electron chi connectivity index (χ1n) is 7.74. The molecule has 0 bridgehead atoms. The molecule has 108 valence electrons. The first-order chi connectivity index (χ1) is 8.72. The molecule has 1 aliphatic rings. The van der Waals surface area contributed by atoms with Crippen LogP contribution < -0.4 is 0 Å². The van der Waals surface area contributed by atoms with E-state index < -0.39 is 0 Å². The summed E-state index contributed by atoms with van der Waals surface area (Å²) >= 11 is 0. The Hall–Kier alpha value is -0.120. The van der Waals surface area contributed by atoms with Gasteiger partial charge in [0, 0.05) is 39.3 Å². The van der Waals surface area contributed by atoms with E-state index in [1.54, 1.807) is 0 Å². The maximum Gasteiger partial charge on any atom is 0.0593 e. The summed E-state index contributed by atoms with van der Waals surface area (Å²) in [5, 5.41) is 0. The number of piperazine rings is 1. The van der Waals surface area contributed by atoms with E-state index in [2.05, 4.69) is 30.6 Å². The summed E-state index contributed by atoms with van der Waals surface area (Å²) in [6, 6.07) is 0. The van der Waals surface area contributed by atoms with Gasteiger partial charge in [-0.05, 0) is 31.7 Å². The van der Waals surface area contributed by atoms with E-state index in [0.29, 0.717) is 0 Å². The van der Waals surface area contributed by atoms with Crippen LogP contribution in [-0.2, 0) is 4.74 Å². The summed E-state index contributed by atoms with van der Waals surface area (Å²) in [6.07, 6.45) is 3.77. The number of hydrogen-bond donors (Lipinski definition) is 0. The van der Waals surface area contributed by atoms with Gasteiger partial charge in [-0.15, -0.1) is 0 Å². The van der Waals surface area contributed by atoms with Crippen molar-refractivity contribution in [2.75, 3.05) is 52.5 Å². The molecule has 1 saturated heterocycles. The third-order valence-electron chi connectivity index (χ3n) is 3.63. The minimum atomic E-state index is 0.806. The van der Waals surface area contributed by atoms with E-state index in [1.807, 2.05) is 0 Å². The highest BCUT2D eigenvalue weighted by Crippen LogP contribution is 2.04. The second-order valence-electron chi connectivity index (χ2n) is 5.83. The molecule has 1 aliphatic heterocycles. The smallest absolute Gasteiger partial charge is 0.0593 e. The summed E-state index contributed by atoms with van der Waals surface area (Å²) in [7, 11) is 0. The monoisotopic (exact) mass is 256 g/mol. The van der Waals surface area contributed by atoms with Crippen LogP contribution in [0.2, 0.25) is 0 Å². The Balaban J connectivity index is 1.91. The van der Waals surface area contributed by atoms with Gasteiger partial charge in [0.1, 0.15) is 0 Å². The van der Waals surface area contributed by atoms with Gasteiger partial charge in [-0.25, -0.2) is 0 Å². The summed E-state index contributed by atoms with van der Waals surface area (Å²) in [4.78, 5) is 5.11. The zero-order valence-electron chi connectivity index (χ0n) is 12.7. The van der Waals surface area contributed by atoms with Crippen LogP contribution in [-0.4, -0.2) is 62.3 Å². The van der Waals surface area contributed by atoms with Gasteiger partial charge in [0.25, 0.3) is 0 Å². The van der Waals surface area contributed by atoms with Crippen molar-refractivity contribution in [2.45, 2.75) is 40.0 Å². The molecule has 0 aromatic heterocycles. The molecule has 0 amide bonds. The third kappa shape index (κ3) is 7.34. The molecule has 0 radical (unpaired) electrons. The van der Waals surface area contributed by atoms with Gasteiger partial charge in [-0.1, -0.05) is 20.8 Å². The van der Waals surface area contributed by atoms with Crippen molar-refractivity contribution < 1.29 is 4.74 Å². The lowest BCUT2D eigenvalue weighted by atomic mass is 10.1. The molecule has 1 heterocycles. The Labute approximate surface area is 113 Å². The normalized spacial score (nSPS) is 18.7. The highest BCUT2D eigenvalue weighted by Gasteiger charge is 2.15. The molecule has 1 fully saturated rings. The lowest BCUT2D eigenvalue weighted by Gasteiger charge is -2.34. The Bertz CT molecular complexity index is 189. The third-order valence-corrected chi connectivity index (χ3v) is 3.63. The molecule has 3 nitrogen and oxygen atoms in total. The van der Waals surface area contributed by atoms with Crippen LogP contribution in [0.15, 0.2) is 0 Å². The van der Waals surface area contributed by atoms with E-state index in [0.717, 1.165) is 25.7 Å². The minimum absolute atomic E-state index is 0.806. The molecule has 1 rings (SSSR count). The van der Waals surface area contributed by atoms with Gasteiger partial charge in [0.05, 0.1) is 6.61 Å². The standard InChI is InChI=1S/C15H32N2O/c1-4-7-16-8-10-17(11-9-16)12-14-18-13-5-6-15(2)3/h15H,4-14H2,1-3H3. The van der Waals surface area contributed by atoms with Crippen molar-refractivity contribution in [1.29, 1.82) is 0 Å². The van der Waals surface area contributed by atoms with Gasteiger partial charge >= 0.3 is 0 Å². The molecule has 0 spiro atoms. The molecular weight excluding hydrogens is 224 g/mol. The topological polar surface area (TPSA) is 15.7 Å². The number of ether oxygens (including phenoxy) is 1. The fourth-order valence-electron chi connectivity index (χ4n) is 2.44. The van der Waals surface area contributed by atoms with Crippen molar-refractivity contribution in [2.24, 2.45) is 5.92 Å². The van der Waals surface area contributed by atoms with E-state index in [9.17, 15) is 0 Å². The van der Waals surface area contributed by atoms with Gasteiger partial charge in [0.15, 0.2) is 0 Å². The van der Waals surface area contributed by atoms with Crippen LogP contribution in [0.1, 0.15) is 40.0 Å². The van der Waals surface area contributed by atoms with Gasteiger partial charge < -0.3 is 9.64 Å². The summed E-state index contributed by atoms with van der Waals surface area (Å²) in [5.74, 6) is 0.806. The van der Waals surface area contributed by atoms with Crippen LogP contribution in [0.3, 0.4) is 0 Å². The van der Waals surface area contributed by atoms with Crippen molar-refractivity contribution in [3.05, 3.63) is 0 Å². The van der Waals surface area contributed by atoms with Crippen LogP contribution >= 0.6 is 0 Å². The number of hydrogen-bond acceptors (Lipinski definition) is 3. The second kappa shape index (κ2) is 9.76. The maximum atomic E-state index is 5.71. The van der Waals surface area contributed by atoms with Crippen LogP contribution in [0.4, 0.5) is 0 Å². The lowest BCUT2D eigenvalue weighted by Crippen LogP contribution is -2.47. The van der Waals surface area contributed by atoms with Crippen LogP contribution in [0.5, 0.6) is 0 Å². The Morgan fingerprint density at radius 2 is 1.56 bits per heavy atom. The van der Waals surface area contributed by atoms with E-state index in [-0.39, 0.29) is 0 Å². The zero-order valence-corrected chi connectivity index (χ0v) is 12.7. The highest BCUT2D eigenvalue weighted by molar-refractivity contribution is 4.71. The Kier molecular flexibility index (Phi) is 8.64. The zero-order chi connectivity index (χ0) is 13.2. The molecular formula is C15H32N2O. The Morgan fingerprint density at radius 3 is 2.11 bits per heavy atom. The van der Waals surface area contributed by atoms with Gasteiger partial charge in [-0.2, -0.15) is 0 Å². The van der Waals surface area contributed by atoms with E-state index in [1.165, 1.54) is 52.0 Å².